The van der Waals surface area contributed by atoms with E-state index in [1.54, 1.807) is 11.8 Å². The van der Waals surface area contributed by atoms with E-state index in [-0.39, 0.29) is 0 Å². The van der Waals surface area contributed by atoms with Gasteiger partial charge in [-0.1, -0.05) is 23.9 Å². The highest BCUT2D eigenvalue weighted by Gasteiger charge is 2.12. The summed E-state index contributed by atoms with van der Waals surface area (Å²) >= 11 is 1.64. The number of nitrogen functional groups attached to an aromatic ring is 1. The molecule has 3 nitrogen and oxygen atoms in total. The number of hydrogen-bond donors (Lipinski definition) is 1. The van der Waals surface area contributed by atoms with Crippen LogP contribution >= 0.6 is 11.8 Å². The van der Waals surface area contributed by atoms with E-state index in [2.05, 4.69) is 0 Å². The first kappa shape index (κ1) is 12.2. The molecule has 2 aromatic rings. The van der Waals surface area contributed by atoms with E-state index in [0.717, 1.165) is 32.5 Å². The van der Waals surface area contributed by atoms with Crippen LogP contribution in [0.2, 0.25) is 0 Å². The molecule has 0 saturated heterocycles. The molecule has 1 heterocycles. The van der Waals surface area contributed by atoms with Gasteiger partial charge in [-0.15, -0.1) is 0 Å². The smallest absolute Gasteiger partial charge is 0.162 e. The van der Waals surface area contributed by atoms with E-state index in [0.29, 0.717) is 13.2 Å². The van der Waals surface area contributed by atoms with Crippen LogP contribution in [0.5, 0.6) is 11.5 Å². The largest absolute Gasteiger partial charge is 0.486 e. The molecule has 0 amide bonds. The Morgan fingerprint density at radius 2 is 1.84 bits per heavy atom. The van der Waals surface area contributed by atoms with Crippen LogP contribution in [-0.2, 0) is 0 Å². The molecule has 19 heavy (non-hydrogen) atoms. The molecule has 0 bridgehead atoms. The average molecular weight is 273 g/mol. The SMILES string of the molecule is Cc1cccc(Sc2ccc3c(c2)OCCO3)c1N. The van der Waals surface area contributed by atoms with Gasteiger partial charge in [0.25, 0.3) is 0 Å². The van der Waals surface area contributed by atoms with Crippen LogP contribution in [0.25, 0.3) is 0 Å². The molecule has 2 N–H and O–H groups in total. The molecule has 0 spiro atoms. The predicted molar refractivity (Wildman–Crippen MR) is 77.1 cm³/mol. The molecule has 0 aromatic heterocycles. The number of hydrogen-bond acceptors (Lipinski definition) is 4. The maximum atomic E-state index is 6.09. The van der Waals surface area contributed by atoms with Gasteiger partial charge in [-0.25, -0.2) is 0 Å². The van der Waals surface area contributed by atoms with Crippen LogP contribution < -0.4 is 15.2 Å². The van der Waals surface area contributed by atoms with Gasteiger partial charge >= 0.3 is 0 Å². The van der Waals surface area contributed by atoms with E-state index in [1.807, 2.05) is 43.3 Å². The summed E-state index contributed by atoms with van der Waals surface area (Å²) in [5.74, 6) is 1.62. The summed E-state index contributed by atoms with van der Waals surface area (Å²) in [6.07, 6.45) is 0. The molecule has 0 atom stereocenters. The summed E-state index contributed by atoms with van der Waals surface area (Å²) in [7, 11) is 0. The zero-order valence-electron chi connectivity index (χ0n) is 10.7. The van der Waals surface area contributed by atoms with E-state index >= 15 is 0 Å². The van der Waals surface area contributed by atoms with Gasteiger partial charge in [-0.05, 0) is 36.8 Å². The van der Waals surface area contributed by atoms with E-state index in [1.165, 1.54) is 0 Å². The van der Waals surface area contributed by atoms with Crippen LogP contribution in [0.3, 0.4) is 0 Å². The second-order valence-electron chi connectivity index (χ2n) is 4.39. The van der Waals surface area contributed by atoms with E-state index in [9.17, 15) is 0 Å². The Hall–Kier alpha value is -1.81. The van der Waals surface area contributed by atoms with Crippen LogP contribution in [0.15, 0.2) is 46.2 Å². The number of rotatable bonds is 2. The highest BCUT2D eigenvalue weighted by atomic mass is 32.2. The number of anilines is 1. The summed E-state index contributed by atoms with van der Waals surface area (Å²) in [5, 5.41) is 0. The van der Waals surface area contributed by atoms with Gasteiger partial charge in [-0.2, -0.15) is 0 Å². The summed E-state index contributed by atoms with van der Waals surface area (Å²) in [4.78, 5) is 2.17. The molecule has 4 heteroatoms. The van der Waals surface area contributed by atoms with Gasteiger partial charge in [0.2, 0.25) is 0 Å². The Bertz CT molecular complexity index is 613. The Morgan fingerprint density at radius 1 is 1.05 bits per heavy atom. The minimum atomic E-state index is 0.605. The lowest BCUT2D eigenvalue weighted by molar-refractivity contribution is 0.171. The number of nitrogens with two attached hydrogens (primary N) is 1. The number of aryl methyl sites for hydroxylation is 1. The fourth-order valence-corrected chi connectivity index (χ4v) is 2.93. The Balaban J connectivity index is 1.89. The zero-order valence-corrected chi connectivity index (χ0v) is 11.5. The van der Waals surface area contributed by atoms with Gasteiger partial charge in [-0.3, -0.25) is 0 Å². The lowest BCUT2D eigenvalue weighted by Gasteiger charge is -2.18. The number of ether oxygens (including phenoxy) is 2. The van der Waals surface area contributed by atoms with Crippen LogP contribution in [0, 0.1) is 6.92 Å². The standard InChI is InChI=1S/C15H15NO2S/c1-10-3-2-4-14(15(10)16)19-11-5-6-12-13(9-11)18-8-7-17-12/h2-6,9H,7-8,16H2,1H3. The number of fused-ring (bicyclic) bond motifs is 1. The summed E-state index contributed by atoms with van der Waals surface area (Å²) in [5.41, 5.74) is 8.03. The van der Waals surface area contributed by atoms with E-state index in [4.69, 9.17) is 15.2 Å². The van der Waals surface area contributed by atoms with Crippen molar-refractivity contribution in [1.82, 2.24) is 0 Å². The molecule has 0 saturated carbocycles. The van der Waals surface area contributed by atoms with Gasteiger partial charge in [0.1, 0.15) is 13.2 Å². The third-order valence-corrected chi connectivity index (χ3v) is 4.09. The van der Waals surface area contributed by atoms with Crippen LogP contribution in [0.4, 0.5) is 5.69 Å². The van der Waals surface area contributed by atoms with Crippen molar-refractivity contribution < 1.29 is 9.47 Å². The molecule has 98 valence electrons. The zero-order chi connectivity index (χ0) is 13.2. The van der Waals surface area contributed by atoms with Crippen molar-refractivity contribution in [3.05, 3.63) is 42.0 Å². The molecule has 3 rings (SSSR count). The van der Waals surface area contributed by atoms with Crippen molar-refractivity contribution in [2.45, 2.75) is 16.7 Å². The Morgan fingerprint density at radius 3 is 2.68 bits per heavy atom. The highest BCUT2D eigenvalue weighted by Crippen LogP contribution is 2.38. The normalized spacial score (nSPS) is 13.3. The quantitative estimate of drug-likeness (QED) is 0.851. The molecule has 0 radical (unpaired) electrons. The molecule has 0 fully saturated rings. The predicted octanol–water partition coefficient (Wildman–Crippen LogP) is 3.50. The minimum Gasteiger partial charge on any atom is -0.486 e. The van der Waals surface area contributed by atoms with Crippen LogP contribution in [-0.4, -0.2) is 13.2 Å². The second-order valence-corrected chi connectivity index (χ2v) is 5.51. The summed E-state index contributed by atoms with van der Waals surface area (Å²) in [6, 6.07) is 12.0. The Kier molecular flexibility index (Phi) is 3.25. The molecular weight excluding hydrogens is 258 g/mol. The fraction of sp³-hybridized carbons (Fsp3) is 0.200. The number of para-hydroxylation sites is 1. The topological polar surface area (TPSA) is 44.5 Å². The van der Waals surface area contributed by atoms with Crippen molar-refractivity contribution in [1.29, 1.82) is 0 Å². The highest BCUT2D eigenvalue weighted by molar-refractivity contribution is 7.99. The van der Waals surface area contributed by atoms with Gasteiger partial charge in [0.15, 0.2) is 11.5 Å². The third kappa shape index (κ3) is 2.49. The maximum Gasteiger partial charge on any atom is 0.162 e. The van der Waals surface area contributed by atoms with E-state index < -0.39 is 0 Å². The second kappa shape index (κ2) is 5.05. The monoisotopic (exact) mass is 273 g/mol. The summed E-state index contributed by atoms with van der Waals surface area (Å²) in [6.45, 7) is 3.24. The molecule has 1 aliphatic rings. The van der Waals surface area contributed by atoms with Gasteiger partial charge < -0.3 is 15.2 Å². The first-order valence-corrected chi connectivity index (χ1v) is 6.98. The van der Waals surface area contributed by atoms with Gasteiger partial charge in [0.05, 0.1) is 0 Å². The molecule has 0 unspecified atom stereocenters. The summed E-state index contributed by atoms with van der Waals surface area (Å²) < 4.78 is 11.1. The first-order chi connectivity index (χ1) is 9.24. The fourth-order valence-electron chi connectivity index (χ4n) is 1.96. The van der Waals surface area contributed by atoms with Gasteiger partial charge in [0, 0.05) is 15.5 Å². The van der Waals surface area contributed by atoms with Crippen LogP contribution in [0.1, 0.15) is 5.56 Å². The van der Waals surface area contributed by atoms with Crippen molar-refractivity contribution in [2.75, 3.05) is 18.9 Å². The van der Waals surface area contributed by atoms with Crippen molar-refractivity contribution in [3.8, 4) is 11.5 Å². The number of benzene rings is 2. The van der Waals surface area contributed by atoms with Crippen molar-refractivity contribution >= 4 is 17.4 Å². The van der Waals surface area contributed by atoms with Crippen molar-refractivity contribution in [3.63, 3.8) is 0 Å². The lowest BCUT2D eigenvalue weighted by Crippen LogP contribution is -2.15. The molecule has 2 aromatic carbocycles. The molecular formula is C15H15NO2S. The lowest BCUT2D eigenvalue weighted by atomic mass is 10.2. The minimum absolute atomic E-state index is 0.605. The van der Waals surface area contributed by atoms with Crippen molar-refractivity contribution in [2.24, 2.45) is 0 Å². The third-order valence-electron chi connectivity index (χ3n) is 3.03. The molecule has 1 aliphatic heterocycles. The average Bonchev–Trinajstić information content (AvgIpc) is 2.44. The Labute approximate surface area is 116 Å². The first-order valence-electron chi connectivity index (χ1n) is 6.16. The maximum absolute atomic E-state index is 6.09. The molecule has 0 aliphatic carbocycles.